The zero-order valence-corrected chi connectivity index (χ0v) is 19.0. The molecule has 0 amide bonds. The fourth-order valence-electron chi connectivity index (χ4n) is 8.60. The summed E-state index contributed by atoms with van der Waals surface area (Å²) >= 11 is 0. The maximum atomic E-state index is 11.6. The van der Waals surface area contributed by atoms with Crippen molar-refractivity contribution in [2.75, 3.05) is 14.2 Å². The van der Waals surface area contributed by atoms with E-state index in [2.05, 4.69) is 13.8 Å². The van der Waals surface area contributed by atoms with Gasteiger partial charge in [0.15, 0.2) is 0 Å². The van der Waals surface area contributed by atoms with Crippen LogP contribution in [0.5, 0.6) is 0 Å². The van der Waals surface area contributed by atoms with E-state index in [1.54, 1.807) is 0 Å². The molecule has 4 aliphatic carbocycles. The highest BCUT2D eigenvalue weighted by atomic mass is 16.5. The van der Waals surface area contributed by atoms with E-state index < -0.39 is 0 Å². The summed E-state index contributed by atoms with van der Waals surface area (Å²) in [6.07, 6.45) is 12.4. The Bertz CT molecular complexity index is 606. The number of carbonyl (C=O) groups is 1. The monoisotopic (exact) mass is 406 g/mol. The van der Waals surface area contributed by atoms with Gasteiger partial charge >= 0.3 is 5.97 Å². The van der Waals surface area contributed by atoms with E-state index in [4.69, 9.17) is 9.47 Å². The lowest BCUT2D eigenvalue weighted by Crippen LogP contribution is -2.58. The molecule has 166 valence electrons. The number of aliphatic hydroxyl groups excluding tert-OH is 1. The van der Waals surface area contributed by atoms with Crippen LogP contribution in [0.3, 0.4) is 0 Å². The fraction of sp³-hybridized carbons (Fsp3) is 0.960. The zero-order chi connectivity index (χ0) is 20.8. The summed E-state index contributed by atoms with van der Waals surface area (Å²) in [6, 6.07) is 0. The summed E-state index contributed by atoms with van der Waals surface area (Å²) in [4.78, 5) is 11.6. The third-order valence-corrected chi connectivity index (χ3v) is 10.3. The van der Waals surface area contributed by atoms with Gasteiger partial charge in [-0.2, -0.15) is 0 Å². The molecule has 0 aromatic rings. The highest BCUT2D eigenvalue weighted by molar-refractivity contribution is 5.68. The van der Waals surface area contributed by atoms with Gasteiger partial charge in [0.2, 0.25) is 0 Å². The Labute approximate surface area is 177 Å². The zero-order valence-electron chi connectivity index (χ0n) is 19.0. The van der Waals surface area contributed by atoms with E-state index >= 15 is 0 Å². The predicted octanol–water partition coefficient (Wildman–Crippen LogP) is 4.97. The standard InChI is InChI=1S/C25H42O4/c1-24-13-11-20-23(19(24)9-8-16(24)6-5-7-22(27)29-4)21(28-3)15-17-14-18(26)10-12-25(17,20)2/h16-21,23,26H,5-15H2,1-4H3/t16-,17-,18+,19-,20-,21+,23-,24+,25-/m0/s1. The molecule has 0 radical (unpaired) electrons. The van der Waals surface area contributed by atoms with E-state index in [1.807, 2.05) is 7.11 Å². The van der Waals surface area contributed by atoms with Gasteiger partial charge < -0.3 is 14.6 Å². The van der Waals surface area contributed by atoms with Crippen molar-refractivity contribution in [1.82, 2.24) is 0 Å². The molecular weight excluding hydrogens is 364 g/mol. The van der Waals surface area contributed by atoms with Gasteiger partial charge in [0.25, 0.3) is 0 Å². The molecule has 0 aliphatic heterocycles. The maximum Gasteiger partial charge on any atom is 0.305 e. The molecule has 0 unspecified atom stereocenters. The molecule has 0 saturated heterocycles. The predicted molar refractivity (Wildman–Crippen MR) is 113 cm³/mol. The molecule has 9 atom stereocenters. The van der Waals surface area contributed by atoms with Crippen molar-refractivity contribution in [3.63, 3.8) is 0 Å². The van der Waals surface area contributed by atoms with Crippen molar-refractivity contribution in [3.05, 3.63) is 0 Å². The number of ether oxygens (including phenoxy) is 2. The third-order valence-electron chi connectivity index (χ3n) is 10.3. The first kappa shape index (κ1) is 21.6. The normalized spacial score (nSPS) is 49.1. The SMILES string of the molecule is COC(=O)CCC[C@H]1CC[C@H]2[C@@H]3[C@H](OC)C[C@@H]4C[C@H](O)CC[C@]4(C)[C@H]3CC[C@]12C. The second-order valence-electron chi connectivity index (χ2n) is 11.2. The number of esters is 1. The Balaban J connectivity index is 1.52. The summed E-state index contributed by atoms with van der Waals surface area (Å²) in [5, 5.41) is 10.3. The van der Waals surface area contributed by atoms with Gasteiger partial charge in [-0.05, 0) is 105 Å². The van der Waals surface area contributed by atoms with E-state index in [1.165, 1.54) is 39.2 Å². The summed E-state index contributed by atoms with van der Waals surface area (Å²) in [5.41, 5.74) is 0.772. The first-order chi connectivity index (χ1) is 13.8. The molecule has 0 aromatic carbocycles. The minimum Gasteiger partial charge on any atom is -0.469 e. The maximum absolute atomic E-state index is 11.6. The summed E-state index contributed by atoms with van der Waals surface area (Å²) in [6.45, 7) is 5.09. The molecule has 0 spiro atoms. The lowest BCUT2D eigenvalue weighted by atomic mass is 9.44. The molecule has 4 aliphatic rings. The Hall–Kier alpha value is -0.610. The number of methoxy groups -OCH3 is 2. The molecule has 0 bridgehead atoms. The van der Waals surface area contributed by atoms with Crippen LogP contribution in [0.2, 0.25) is 0 Å². The Morgan fingerprint density at radius 2 is 1.72 bits per heavy atom. The van der Waals surface area contributed by atoms with Crippen molar-refractivity contribution in [2.45, 2.75) is 96.7 Å². The van der Waals surface area contributed by atoms with Crippen molar-refractivity contribution < 1.29 is 19.4 Å². The molecule has 4 nitrogen and oxygen atoms in total. The Morgan fingerprint density at radius 3 is 2.45 bits per heavy atom. The average molecular weight is 407 g/mol. The van der Waals surface area contributed by atoms with Crippen molar-refractivity contribution in [1.29, 1.82) is 0 Å². The van der Waals surface area contributed by atoms with Crippen molar-refractivity contribution >= 4 is 5.97 Å². The number of hydrogen-bond donors (Lipinski definition) is 1. The van der Waals surface area contributed by atoms with Crippen molar-refractivity contribution in [3.8, 4) is 0 Å². The van der Waals surface area contributed by atoms with Gasteiger partial charge in [-0.15, -0.1) is 0 Å². The minimum atomic E-state index is -0.110. The number of carbonyl (C=O) groups excluding carboxylic acids is 1. The van der Waals surface area contributed by atoms with Gasteiger partial charge in [0.1, 0.15) is 0 Å². The Morgan fingerprint density at radius 1 is 1.00 bits per heavy atom. The van der Waals surface area contributed by atoms with E-state index in [0.717, 1.165) is 49.9 Å². The minimum absolute atomic E-state index is 0.0708. The smallest absolute Gasteiger partial charge is 0.305 e. The number of hydrogen-bond acceptors (Lipinski definition) is 4. The van der Waals surface area contributed by atoms with E-state index in [-0.39, 0.29) is 12.1 Å². The van der Waals surface area contributed by atoms with Gasteiger partial charge in [0.05, 0.1) is 19.3 Å². The first-order valence-corrected chi connectivity index (χ1v) is 12.1. The van der Waals surface area contributed by atoms with Crippen LogP contribution in [0.15, 0.2) is 0 Å². The van der Waals surface area contributed by atoms with Gasteiger partial charge in [-0.1, -0.05) is 13.8 Å². The van der Waals surface area contributed by atoms with E-state index in [0.29, 0.717) is 35.2 Å². The highest BCUT2D eigenvalue weighted by Gasteiger charge is 2.62. The van der Waals surface area contributed by atoms with Crippen LogP contribution in [-0.2, 0) is 14.3 Å². The molecule has 0 heterocycles. The highest BCUT2D eigenvalue weighted by Crippen LogP contribution is 2.68. The van der Waals surface area contributed by atoms with Crippen LogP contribution in [0.4, 0.5) is 0 Å². The van der Waals surface area contributed by atoms with Crippen molar-refractivity contribution in [2.24, 2.45) is 40.4 Å². The summed E-state index contributed by atoms with van der Waals surface area (Å²) < 4.78 is 11.0. The molecular formula is C25H42O4. The van der Waals surface area contributed by atoms with E-state index in [9.17, 15) is 9.90 Å². The molecule has 1 N–H and O–H groups in total. The quantitative estimate of drug-likeness (QED) is 0.655. The lowest BCUT2D eigenvalue weighted by Gasteiger charge is -2.62. The second-order valence-corrected chi connectivity index (χ2v) is 11.2. The third kappa shape index (κ3) is 3.56. The molecule has 29 heavy (non-hydrogen) atoms. The van der Waals surface area contributed by atoms with Crippen LogP contribution in [0, 0.1) is 40.4 Å². The molecule has 4 fully saturated rings. The molecule has 4 heteroatoms. The van der Waals surface area contributed by atoms with Crippen LogP contribution in [0.25, 0.3) is 0 Å². The number of rotatable bonds is 5. The van der Waals surface area contributed by atoms with Gasteiger partial charge in [0, 0.05) is 13.5 Å². The summed E-state index contributed by atoms with van der Waals surface area (Å²) in [5.74, 6) is 3.43. The van der Waals surface area contributed by atoms with Crippen LogP contribution < -0.4 is 0 Å². The van der Waals surface area contributed by atoms with Crippen LogP contribution in [0.1, 0.15) is 84.5 Å². The second kappa shape index (κ2) is 8.15. The lowest BCUT2D eigenvalue weighted by molar-refractivity contribution is -0.180. The molecule has 4 saturated carbocycles. The number of fused-ring (bicyclic) bond motifs is 5. The van der Waals surface area contributed by atoms with Crippen LogP contribution in [-0.4, -0.2) is 37.5 Å². The topological polar surface area (TPSA) is 55.8 Å². The largest absolute Gasteiger partial charge is 0.469 e. The molecule has 4 rings (SSSR count). The molecule has 0 aromatic heterocycles. The number of aliphatic hydroxyl groups is 1. The average Bonchev–Trinajstić information content (AvgIpc) is 3.04. The first-order valence-electron chi connectivity index (χ1n) is 12.1. The fourth-order valence-corrected chi connectivity index (χ4v) is 8.60. The van der Waals surface area contributed by atoms with Gasteiger partial charge in [-0.25, -0.2) is 0 Å². The van der Waals surface area contributed by atoms with Crippen LogP contribution >= 0.6 is 0 Å². The summed E-state index contributed by atoms with van der Waals surface area (Å²) in [7, 11) is 3.40. The Kier molecular flexibility index (Phi) is 6.07. The van der Waals surface area contributed by atoms with Gasteiger partial charge in [-0.3, -0.25) is 4.79 Å².